The molecule has 0 saturated carbocycles. The lowest BCUT2D eigenvalue weighted by Crippen LogP contribution is -2.23. The second-order valence-electron chi connectivity index (χ2n) is 2.54. The van der Waals surface area contributed by atoms with E-state index in [0.29, 0.717) is 6.42 Å². The number of aryl methyl sites for hydroxylation is 2. The molecule has 0 aliphatic heterocycles. The molecular weight excluding hydrogens is 164 g/mol. The van der Waals surface area contributed by atoms with Crippen molar-refractivity contribution in [3.8, 4) is 0 Å². The summed E-state index contributed by atoms with van der Waals surface area (Å²) >= 11 is 5.37. The monoisotopic (exact) mass is 175 g/mol. The van der Waals surface area contributed by atoms with Gasteiger partial charge in [-0.1, -0.05) is 11.6 Å². The lowest BCUT2D eigenvalue weighted by molar-refractivity contribution is -0.671. The van der Waals surface area contributed by atoms with Gasteiger partial charge in [0.15, 0.2) is 0 Å². The summed E-state index contributed by atoms with van der Waals surface area (Å²) in [5.41, 5.74) is -0.734. The van der Waals surface area contributed by atoms with Crippen LogP contribution in [0.25, 0.3) is 0 Å². The number of imidazole rings is 1. The Morgan fingerprint density at radius 2 is 2.45 bits per heavy atom. The number of rotatable bonds is 3. The van der Waals surface area contributed by atoms with Gasteiger partial charge < -0.3 is 5.11 Å². The van der Waals surface area contributed by atoms with Crippen molar-refractivity contribution in [2.24, 2.45) is 7.05 Å². The molecule has 0 bridgehead atoms. The third-order valence-corrected chi connectivity index (χ3v) is 1.67. The molecule has 0 spiro atoms. The smallest absolute Gasteiger partial charge is 0.243 e. The number of aliphatic hydroxyl groups excluding tert-OH is 1. The molecule has 0 aliphatic rings. The minimum atomic E-state index is -0.734. The Hall–Kier alpha value is -0.540. The number of aromatic nitrogens is 2. The molecule has 1 N–H and O–H groups in total. The summed E-state index contributed by atoms with van der Waals surface area (Å²) in [6, 6.07) is 0. The van der Waals surface area contributed by atoms with Crippen molar-refractivity contribution >= 4 is 11.6 Å². The van der Waals surface area contributed by atoms with Crippen molar-refractivity contribution < 1.29 is 9.67 Å². The molecule has 1 aromatic rings. The van der Waals surface area contributed by atoms with Gasteiger partial charge in [-0.05, 0) is 0 Å². The zero-order valence-corrected chi connectivity index (χ0v) is 7.20. The molecular formula is C7H12ClN2O+. The van der Waals surface area contributed by atoms with Crippen LogP contribution in [0.3, 0.4) is 0 Å². The highest BCUT2D eigenvalue weighted by atomic mass is 35.5. The molecule has 1 aromatic heterocycles. The molecule has 4 heteroatoms. The second kappa shape index (κ2) is 3.74. The summed E-state index contributed by atoms with van der Waals surface area (Å²) in [5, 5.41) is 8.77. The molecule has 0 fully saturated rings. The van der Waals surface area contributed by atoms with Gasteiger partial charge in [-0.25, -0.2) is 9.13 Å². The molecule has 11 heavy (non-hydrogen) atoms. The largest absolute Gasteiger partial charge is 0.378 e. The van der Waals surface area contributed by atoms with Crippen LogP contribution in [-0.4, -0.2) is 15.2 Å². The highest BCUT2D eigenvalue weighted by Gasteiger charge is 2.02. The van der Waals surface area contributed by atoms with E-state index in [1.54, 1.807) is 0 Å². The maximum atomic E-state index is 8.77. The maximum absolute atomic E-state index is 8.77. The van der Waals surface area contributed by atoms with Gasteiger partial charge in [0.25, 0.3) is 0 Å². The lowest BCUT2D eigenvalue weighted by Gasteiger charge is -1.97. The number of aliphatic hydroxyl groups is 1. The van der Waals surface area contributed by atoms with Crippen molar-refractivity contribution in [1.82, 2.24) is 4.57 Å². The molecule has 1 heterocycles. The molecule has 1 rings (SSSR count). The first kappa shape index (κ1) is 8.56. The molecule has 62 valence electrons. The molecule has 1 atom stereocenters. The zero-order chi connectivity index (χ0) is 8.27. The van der Waals surface area contributed by atoms with Crippen LogP contribution < -0.4 is 4.57 Å². The Kier molecular flexibility index (Phi) is 2.91. The van der Waals surface area contributed by atoms with Crippen LogP contribution in [0.2, 0.25) is 0 Å². The molecule has 3 nitrogen and oxygen atoms in total. The fourth-order valence-corrected chi connectivity index (χ4v) is 0.987. The van der Waals surface area contributed by atoms with Gasteiger partial charge in [-0.3, -0.25) is 0 Å². The topological polar surface area (TPSA) is 29.0 Å². The normalized spacial score (nSPS) is 13.4. The summed E-state index contributed by atoms with van der Waals surface area (Å²) in [6.45, 7) is 0.755. The molecule has 0 saturated heterocycles. The van der Waals surface area contributed by atoms with Crippen molar-refractivity contribution in [1.29, 1.82) is 0 Å². The SMILES string of the molecule is C[n+]1ccn(CCC(O)Cl)c1. The minimum Gasteiger partial charge on any atom is -0.378 e. The first-order chi connectivity index (χ1) is 5.18. The standard InChI is InChI=1S/C7H12ClN2O/c1-9-4-5-10(6-9)3-2-7(8)11/h4-7,11H,2-3H2,1H3/q+1. The van der Waals surface area contributed by atoms with Gasteiger partial charge in [0.2, 0.25) is 6.33 Å². The van der Waals surface area contributed by atoms with E-state index in [2.05, 4.69) is 0 Å². The van der Waals surface area contributed by atoms with E-state index >= 15 is 0 Å². The average molecular weight is 176 g/mol. The Bertz CT molecular complexity index is 222. The number of hydrogen-bond acceptors (Lipinski definition) is 1. The van der Waals surface area contributed by atoms with Crippen molar-refractivity contribution in [3.05, 3.63) is 18.7 Å². The van der Waals surface area contributed by atoms with Crippen LogP contribution in [0.1, 0.15) is 6.42 Å². The summed E-state index contributed by atoms with van der Waals surface area (Å²) < 4.78 is 3.92. The van der Waals surface area contributed by atoms with Crippen molar-refractivity contribution in [3.63, 3.8) is 0 Å². The highest BCUT2D eigenvalue weighted by Crippen LogP contribution is 1.98. The van der Waals surface area contributed by atoms with E-state index in [1.807, 2.05) is 34.9 Å². The Labute approximate surface area is 70.8 Å². The molecule has 0 amide bonds. The summed E-state index contributed by atoms with van der Waals surface area (Å²) in [5.74, 6) is 0. The Morgan fingerprint density at radius 1 is 1.73 bits per heavy atom. The molecule has 0 aromatic carbocycles. The minimum absolute atomic E-state index is 0.580. The van der Waals surface area contributed by atoms with Crippen LogP contribution in [0.4, 0.5) is 0 Å². The van der Waals surface area contributed by atoms with Crippen molar-refractivity contribution in [2.45, 2.75) is 18.5 Å². The Morgan fingerprint density at radius 3 is 2.91 bits per heavy atom. The van der Waals surface area contributed by atoms with Crippen LogP contribution in [0, 0.1) is 0 Å². The van der Waals surface area contributed by atoms with Gasteiger partial charge in [0, 0.05) is 6.42 Å². The fourth-order valence-electron chi connectivity index (χ4n) is 0.890. The predicted molar refractivity (Wildman–Crippen MR) is 42.1 cm³/mol. The first-order valence-electron chi connectivity index (χ1n) is 3.51. The lowest BCUT2D eigenvalue weighted by atomic mass is 10.4. The van der Waals surface area contributed by atoms with E-state index < -0.39 is 5.56 Å². The maximum Gasteiger partial charge on any atom is 0.243 e. The average Bonchev–Trinajstić information content (AvgIpc) is 2.31. The van der Waals surface area contributed by atoms with Crippen LogP contribution >= 0.6 is 11.6 Å². The Balaban J connectivity index is 2.39. The van der Waals surface area contributed by atoms with E-state index in [0.717, 1.165) is 6.54 Å². The molecule has 0 aliphatic carbocycles. The molecule has 0 radical (unpaired) electrons. The fraction of sp³-hybridized carbons (Fsp3) is 0.571. The van der Waals surface area contributed by atoms with E-state index in [9.17, 15) is 0 Å². The predicted octanol–water partition coefficient (Wildman–Crippen LogP) is 0.260. The van der Waals surface area contributed by atoms with Crippen LogP contribution in [0.15, 0.2) is 18.7 Å². The van der Waals surface area contributed by atoms with Gasteiger partial charge >= 0.3 is 0 Å². The quantitative estimate of drug-likeness (QED) is 0.518. The number of hydrogen-bond donors (Lipinski definition) is 1. The zero-order valence-electron chi connectivity index (χ0n) is 6.44. The van der Waals surface area contributed by atoms with E-state index in [4.69, 9.17) is 16.7 Å². The van der Waals surface area contributed by atoms with Gasteiger partial charge in [0.1, 0.15) is 18.0 Å². The summed E-state index contributed by atoms with van der Waals surface area (Å²) in [6.07, 6.45) is 6.41. The summed E-state index contributed by atoms with van der Waals surface area (Å²) in [7, 11) is 1.95. The number of halogens is 1. The van der Waals surface area contributed by atoms with Crippen molar-refractivity contribution in [2.75, 3.05) is 0 Å². The van der Waals surface area contributed by atoms with Gasteiger partial charge in [-0.2, -0.15) is 0 Å². The first-order valence-corrected chi connectivity index (χ1v) is 3.95. The third-order valence-electron chi connectivity index (χ3n) is 1.45. The number of alkyl halides is 1. The molecule has 1 unspecified atom stereocenters. The van der Waals surface area contributed by atoms with Crippen LogP contribution in [-0.2, 0) is 13.6 Å². The van der Waals surface area contributed by atoms with Gasteiger partial charge in [0.05, 0.1) is 13.6 Å². The van der Waals surface area contributed by atoms with Crippen LogP contribution in [0.5, 0.6) is 0 Å². The van der Waals surface area contributed by atoms with E-state index in [1.165, 1.54) is 0 Å². The number of nitrogens with zero attached hydrogens (tertiary/aromatic N) is 2. The van der Waals surface area contributed by atoms with Gasteiger partial charge in [-0.15, -0.1) is 0 Å². The highest BCUT2D eigenvalue weighted by molar-refractivity contribution is 6.19. The second-order valence-corrected chi connectivity index (χ2v) is 3.04. The van der Waals surface area contributed by atoms with E-state index in [-0.39, 0.29) is 0 Å². The third kappa shape index (κ3) is 2.91. The summed E-state index contributed by atoms with van der Waals surface area (Å²) in [4.78, 5) is 0.